The van der Waals surface area contributed by atoms with Crippen LogP contribution < -0.4 is 4.74 Å². The highest BCUT2D eigenvalue weighted by Gasteiger charge is 2.31. The average molecular weight is 428 g/mol. The Balaban J connectivity index is 1.65. The minimum Gasteiger partial charge on any atom is -0.507 e. The fraction of sp³-hybridized carbons (Fsp3) is 0.318. The normalized spacial score (nSPS) is 19.0. The van der Waals surface area contributed by atoms with Crippen LogP contribution in [0.5, 0.6) is 11.5 Å². The molecule has 2 aromatic carbocycles. The van der Waals surface area contributed by atoms with E-state index in [1.807, 2.05) is 24.3 Å². The van der Waals surface area contributed by atoms with E-state index >= 15 is 0 Å². The zero-order chi connectivity index (χ0) is 18.8. The molecule has 0 atom stereocenters. The summed E-state index contributed by atoms with van der Waals surface area (Å²) in [6, 6.07) is 11.0. The first-order valence-corrected chi connectivity index (χ1v) is 10.2. The van der Waals surface area contributed by atoms with Crippen molar-refractivity contribution in [1.29, 1.82) is 0 Å². The molecule has 4 rings (SSSR count). The van der Waals surface area contributed by atoms with E-state index in [-0.39, 0.29) is 11.5 Å². The number of ether oxygens (including phenoxy) is 1. The summed E-state index contributed by atoms with van der Waals surface area (Å²) < 4.78 is 6.87. The first-order valence-electron chi connectivity index (χ1n) is 9.39. The van der Waals surface area contributed by atoms with Crippen LogP contribution in [0.25, 0.3) is 6.08 Å². The predicted molar refractivity (Wildman–Crippen MR) is 109 cm³/mol. The summed E-state index contributed by atoms with van der Waals surface area (Å²) >= 11 is 3.50. The molecule has 0 saturated carbocycles. The maximum Gasteiger partial charge on any atom is 0.231 e. The number of phenolic OH excluding ortho intramolecular Hbond substituents is 1. The topological polar surface area (TPSA) is 49.8 Å². The predicted octanol–water partition coefficient (Wildman–Crippen LogP) is 5.15. The molecule has 0 unspecified atom stereocenters. The van der Waals surface area contributed by atoms with E-state index in [0.29, 0.717) is 29.2 Å². The molecule has 1 fully saturated rings. The van der Waals surface area contributed by atoms with Gasteiger partial charge in [-0.2, -0.15) is 0 Å². The van der Waals surface area contributed by atoms with Gasteiger partial charge in [0, 0.05) is 11.0 Å². The molecule has 0 aliphatic carbocycles. The number of likely N-dealkylation sites (tertiary alicyclic amines) is 1. The molecule has 2 aliphatic heterocycles. The van der Waals surface area contributed by atoms with Crippen molar-refractivity contribution in [3.8, 4) is 11.5 Å². The van der Waals surface area contributed by atoms with Gasteiger partial charge in [-0.15, -0.1) is 0 Å². The van der Waals surface area contributed by atoms with Crippen LogP contribution in [0.15, 0.2) is 46.6 Å². The number of aromatic hydroxyl groups is 1. The van der Waals surface area contributed by atoms with Gasteiger partial charge in [-0.05, 0) is 55.8 Å². The molecule has 0 bridgehead atoms. The second-order valence-electron chi connectivity index (χ2n) is 7.09. The van der Waals surface area contributed by atoms with Crippen molar-refractivity contribution in [2.24, 2.45) is 0 Å². The molecule has 0 radical (unpaired) electrons. The second kappa shape index (κ2) is 7.87. The Morgan fingerprint density at radius 2 is 1.81 bits per heavy atom. The summed E-state index contributed by atoms with van der Waals surface area (Å²) in [7, 11) is 0. The monoisotopic (exact) mass is 427 g/mol. The van der Waals surface area contributed by atoms with E-state index < -0.39 is 0 Å². The molecule has 0 amide bonds. The highest BCUT2D eigenvalue weighted by molar-refractivity contribution is 9.10. The smallest absolute Gasteiger partial charge is 0.231 e. The Labute approximate surface area is 167 Å². The molecular formula is C22H22BrNO3. The van der Waals surface area contributed by atoms with Crippen LogP contribution in [0.1, 0.15) is 47.2 Å². The number of carbonyl (C=O) groups is 1. The third-order valence-corrected chi connectivity index (χ3v) is 5.91. The molecule has 5 heteroatoms. The Hall–Kier alpha value is -2.11. The van der Waals surface area contributed by atoms with Crippen LogP contribution in [0, 0.1) is 0 Å². The van der Waals surface area contributed by atoms with E-state index in [2.05, 4.69) is 20.8 Å². The van der Waals surface area contributed by atoms with E-state index in [4.69, 9.17) is 4.74 Å². The minimum atomic E-state index is -0.141. The summed E-state index contributed by atoms with van der Waals surface area (Å²) in [4.78, 5) is 15.2. The Kier molecular flexibility index (Phi) is 5.32. The minimum absolute atomic E-state index is 0.141. The van der Waals surface area contributed by atoms with Gasteiger partial charge in [0.1, 0.15) is 11.5 Å². The van der Waals surface area contributed by atoms with Gasteiger partial charge in [0.25, 0.3) is 0 Å². The van der Waals surface area contributed by atoms with Crippen LogP contribution in [-0.4, -0.2) is 28.9 Å². The maximum absolute atomic E-state index is 12.8. The molecule has 2 aromatic rings. The molecule has 4 nitrogen and oxygen atoms in total. The number of ketones is 1. The number of benzene rings is 2. The Morgan fingerprint density at radius 1 is 1.07 bits per heavy atom. The number of halogens is 1. The molecule has 140 valence electrons. The number of hydrogen-bond donors (Lipinski definition) is 1. The van der Waals surface area contributed by atoms with E-state index in [0.717, 1.165) is 23.1 Å². The van der Waals surface area contributed by atoms with Gasteiger partial charge in [0.15, 0.2) is 5.76 Å². The standard InChI is InChI=1S/C22H22BrNO3/c23-18-8-4-3-7-15(18)13-20-21(26)16-9-10-19(25)17(22(16)27-20)14-24-11-5-1-2-6-12-24/h3-4,7-10,13,25H,1-2,5-6,11-12,14H2/b20-13-. The van der Waals surface area contributed by atoms with Gasteiger partial charge in [-0.1, -0.05) is 47.0 Å². The van der Waals surface area contributed by atoms with Gasteiger partial charge >= 0.3 is 0 Å². The van der Waals surface area contributed by atoms with Crippen molar-refractivity contribution in [2.45, 2.75) is 32.2 Å². The lowest BCUT2D eigenvalue weighted by atomic mass is 10.0. The van der Waals surface area contributed by atoms with Gasteiger partial charge in [-0.25, -0.2) is 0 Å². The molecular weight excluding hydrogens is 406 g/mol. The van der Waals surface area contributed by atoms with Crippen LogP contribution >= 0.6 is 15.9 Å². The number of fused-ring (bicyclic) bond motifs is 1. The molecule has 2 aliphatic rings. The lowest BCUT2D eigenvalue weighted by molar-refractivity contribution is 0.101. The molecule has 27 heavy (non-hydrogen) atoms. The van der Waals surface area contributed by atoms with E-state index in [1.54, 1.807) is 18.2 Å². The van der Waals surface area contributed by atoms with Crippen molar-refractivity contribution >= 4 is 27.8 Å². The highest BCUT2D eigenvalue weighted by Crippen LogP contribution is 2.40. The SMILES string of the molecule is O=C1/C(=C/c2ccccc2Br)Oc2c1ccc(O)c2CN1CCCCCC1. The lowest BCUT2D eigenvalue weighted by Crippen LogP contribution is -2.24. The van der Waals surface area contributed by atoms with Gasteiger partial charge in [0.05, 0.1) is 11.1 Å². The van der Waals surface area contributed by atoms with E-state index in [1.165, 1.54) is 25.7 Å². The van der Waals surface area contributed by atoms with Crippen molar-refractivity contribution in [3.63, 3.8) is 0 Å². The quantitative estimate of drug-likeness (QED) is 0.688. The third kappa shape index (κ3) is 3.80. The van der Waals surface area contributed by atoms with Crippen LogP contribution in [0.2, 0.25) is 0 Å². The van der Waals surface area contributed by atoms with Crippen molar-refractivity contribution in [3.05, 3.63) is 63.3 Å². The molecule has 1 saturated heterocycles. The van der Waals surface area contributed by atoms with Crippen molar-refractivity contribution in [2.75, 3.05) is 13.1 Å². The van der Waals surface area contributed by atoms with Gasteiger partial charge in [-0.3, -0.25) is 9.69 Å². The van der Waals surface area contributed by atoms with Gasteiger partial charge < -0.3 is 9.84 Å². The fourth-order valence-corrected chi connectivity index (χ4v) is 4.10. The lowest BCUT2D eigenvalue weighted by Gasteiger charge is -2.21. The number of rotatable bonds is 3. The Bertz CT molecular complexity index is 898. The van der Waals surface area contributed by atoms with Crippen LogP contribution in [0.3, 0.4) is 0 Å². The summed E-state index contributed by atoms with van der Waals surface area (Å²) in [5.74, 6) is 0.841. The largest absolute Gasteiger partial charge is 0.507 e. The maximum atomic E-state index is 12.8. The molecule has 1 N–H and O–H groups in total. The summed E-state index contributed by atoms with van der Waals surface area (Å²) in [5.41, 5.74) is 2.11. The number of Topliss-reactive ketones (excluding diaryl/α,β-unsaturated/α-hetero) is 1. The van der Waals surface area contributed by atoms with Crippen LogP contribution in [-0.2, 0) is 6.54 Å². The first kappa shape index (κ1) is 18.3. The molecule has 0 spiro atoms. The number of carbonyl (C=O) groups excluding carboxylic acids is 1. The van der Waals surface area contributed by atoms with E-state index in [9.17, 15) is 9.90 Å². The number of nitrogens with zero attached hydrogens (tertiary/aromatic N) is 1. The summed E-state index contributed by atoms with van der Waals surface area (Å²) in [6.45, 7) is 2.62. The zero-order valence-electron chi connectivity index (χ0n) is 15.1. The summed E-state index contributed by atoms with van der Waals surface area (Å²) in [5, 5.41) is 10.4. The zero-order valence-corrected chi connectivity index (χ0v) is 16.7. The molecule has 2 heterocycles. The Morgan fingerprint density at radius 3 is 2.56 bits per heavy atom. The number of hydrogen-bond acceptors (Lipinski definition) is 4. The number of phenols is 1. The van der Waals surface area contributed by atoms with Crippen LogP contribution in [0.4, 0.5) is 0 Å². The second-order valence-corrected chi connectivity index (χ2v) is 7.95. The number of allylic oxidation sites excluding steroid dienone is 1. The summed E-state index contributed by atoms with van der Waals surface area (Å²) in [6.07, 6.45) is 6.59. The first-order chi connectivity index (χ1) is 13.1. The van der Waals surface area contributed by atoms with Crippen molar-refractivity contribution < 1.29 is 14.6 Å². The van der Waals surface area contributed by atoms with Crippen molar-refractivity contribution in [1.82, 2.24) is 4.90 Å². The third-order valence-electron chi connectivity index (χ3n) is 5.19. The highest BCUT2D eigenvalue weighted by atomic mass is 79.9. The molecule has 0 aromatic heterocycles. The van der Waals surface area contributed by atoms with Gasteiger partial charge in [0.2, 0.25) is 5.78 Å². The average Bonchev–Trinajstić information content (AvgIpc) is 2.84. The fourth-order valence-electron chi connectivity index (χ4n) is 3.70.